The van der Waals surface area contributed by atoms with E-state index in [1.807, 2.05) is 6.92 Å². The predicted octanol–water partition coefficient (Wildman–Crippen LogP) is 2.54. The first-order chi connectivity index (χ1) is 8.86. The summed E-state index contributed by atoms with van der Waals surface area (Å²) in [5, 5.41) is 0. The van der Waals surface area contributed by atoms with Crippen molar-refractivity contribution in [1.29, 1.82) is 0 Å². The van der Waals surface area contributed by atoms with Crippen LogP contribution in [0.2, 0.25) is 0 Å². The van der Waals surface area contributed by atoms with Crippen molar-refractivity contribution in [2.75, 3.05) is 13.2 Å². The van der Waals surface area contributed by atoms with Crippen molar-refractivity contribution in [2.24, 2.45) is 0 Å². The number of benzene rings is 1. The van der Waals surface area contributed by atoms with Crippen LogP contribution in [0, 0.1) is 0 Å². The Labute approximate surface area is 108 Å². The second-order valence-corrected chi connectivity index (χ2v) is 4.22. The number of allylic oxidation sites excluding steroid dienone is 2. The van der Waals surface area contributed by atoms with Crippen LogP contribution < -0.4 is 4.57 Å². The van der Waals surface area contributed by atoms with E-state index in [0.717, 1.165) is 26.3 Å². The average Bonchev–Trinajstić information content (AvgIpc) is 2.76. The van der Waals surface area contributed by atoms with E-state index in [2.05, 4.69) is 58.8 Å². The summed E-state index contributed by atoms with van der Waals surface area (Å²) < 4.78 is 9.96. The van der Waals surface area contributed by atoms with Crippen LogP contribution in [-0.4, -0.2) is 17.8 Å². The lowest BCUT2D eigenvalue weighted by Gasteiger charge is -1.98. The minimum absolute atomic E-state index is 0.763. The highest BCUT2D eigenvalue weighted by Gasteiger charge is 2.13. The minimum Gasteiger partial charge on any atom is -0.378 e. The number of hydrogen-bond donors (Lipinski definition) is 0. The zero-order valence-corrected chi connectivity index (χ0v) is 11.2. The summed E-state index contributed by atoms with van der Waals surface area (Å²) >= 11 is 0. The zero-order chi connectivity index (χ0) is 12.8. The maximum atomic E-state index is 5.43. The highest BCUT2D eigenvalue weighted by molar-refractivity contribution is 5.71. The van der Waals surface area contributed by atoms with E-state index in [0.29, 0.717) is 0 Å². The number of fused-ring (bicyclic) bond motifs is 1. The third-order valence-corrected chi connectivity index (χ3v) is 3.00. The van der Waals surface area contributed by atoms with Crippen LogP contribution in [0.4, 0.5) is 0 Å². The van der Waals surface area contributed by atoms with Gasteiger partial charge in [-0.3, -0.25) is 0 Å². The molecule has 0 fully saturated rings. The molecule has 96 valence electrons. The van der Waals surface area contributed by atoms with E-state index >= 15 is 0 Å². The molecule has 0 atom stereocenters. The topological polar surface area (TPSA) is 18.0 Å². The van der Waals surface area contributed by atoms with Gasteiger partial charge in [-0.25, -0.2) is 9.13 Å². The quantitative estimate of drug-likeness (QED) is 0.434. The van der Waals surface area contributed by atoms with Crippen LogP contribution in [0.3, 0.4) is 0 Å². The third kappa shape index (κ3) is 2.79. The molecule has 18 heavy (non-hydrogen) atoms. The summed E-state index contributed by atoms with van der Waals surface area (Å²) in [6, 6.07) is 8.49. The van der Waals surface area contributed by atoms with E-state index in [1.54, 1.807) is 0 Å². The first-order valence-electron chi connectivity index (χ1n) is 6.53. The molecule has 3 heteroatoms. The number of para-hydroxylation sites is 2. The van der Waals surface area contributed by atoms with Crippen molar-refractivity contribution in [3.63, 3.8) is 0 Å². The van der Waals surface area contributed by atoms with Crippen molar-refractivity contribution in [1.82, 2.24) is 4.57 Å². The fraction of sp³-hybridized carbons (Fsp3) is 0.400. The van der Waals surface area contributed by atoms with Gasteiger partial charge < -0.3 is 4.74 Å². The van der Waals surface area contributed by atoms with Gasteiger partial charge in [-0.15, -0.1) is 0 Å². The molecule has 0 saturated heterocycles. The van der Waals surface area contributed by atoms with E-state index in [-0.39, 0.29) is 0 Å². The molecule has 0 aliphatic rings. The number of aromatic nitrogens is 2. The number of ether oxygens (including phenoxy) is 1. The first-order valence-corrected chi connectivity index (χ1v) is 6.53. The highest BCUT2D eigenvalue weighted by atomic mass is 16.5. The van der Waals surface area contributed by atoms with Crippen molar-refractivity contribution in [3.05, 3.63) is 42.7 Å². The fourth-order valence-corrected chi connectivity index (χ4v) is 2.09. The molecule has 0 unspecified atom stereocenters. The van der Waals surface area contributed by atoms with Gasteiger partial charge in [-0.1, -0.05) is 18.2 Å². The van der Waals surface area contributed by atoms with Crippen LogP contribution in [-0.2, 0) is 17.8 Å². The van der Waals surface area contributed by atoms with Crippen LogP contribution in [0.25, 0.3) is 11.0 Å². The molecule has 1 aromatic carbocycles. The third-order valence-electron chi connectivity index (χ3n) is 3.00. The normalized spacial score (nSPS) is 11.7. The molecule has 0 spiro atoms. The molecular formula is C15H21N2O+. The summed E-state index contributed by atoms with van der Waals surface area (Å²) in [5.74, 6) is 0. The summed E-state index contributed by atoms with van der Waals surface area (Å²) in [5.41, 5.74) is 2.54. The predicted molar refractivity (Wildman–Crippen MR) is 73.4 cm³/mol. The summed E-state index contributed by atoms with van der Waals surface area (Å²) in [7, 11) is 0. The largest absolute Gasteiger partial charge is 0.378 e. The first kappa shape index (κ1) is 12.8. The molecule has 0 radical (unpaired) electrons. The molecular weight excluding hydrogens is 224 g/mol. The van der Waals surface area contributed by atoms with Gasteiger partial charge in [-0.2, -0.15) is 0 Å². The van der Waals surface area contributed by atoms with Crippen molar-refractivity contribution in [2.45, 2.75) is 26.9 Å². The Morgan fingerprint density at radius 2 is 2.17 bits per heavy atom. The molecule has 0 bridgehead atoms. The van der Waals surface area contributed by atoms with Crippen LogP contribution in [0.15, 0.2) is 42.7 Å². The smallest absolute Gasteiger partial charge is 0.245 e. The number of hydrogen-bond acceptors (Lipinski definition) is 1. The van der Waals surface area contributed by atoms with Gasteiger partial charge in [0.1, 0.15) is 13.1 Å². The highest BCUT2D eigenvalue weighted by Crippen LogP contribution is 2.10. The summed E-state index contributed by atoms with van der Waals surface area (Å²) in [4.78, 5) is 0. The fourth-order valence-electron chi connectivity index (χ4n) is 2.09. The Morgan fingerprint density at radius 1 is 1.33 bits per heavy atom. The second kappa shape index (κ2) is 6.36. The lowest BCUT2D eigenvalue weighted by molar-refractivity contribution is -0.661. The van der Waals surface area contributed by atoms with Gasteiger partial charge in [-0.05, 0) is 32.1 Å². The molecule has 2 rings (SSSR count). The monoisotopic (exact) mass is 245 g/mol. The maximum absolute atomic E-state index is 5.43. The molecule has 0 aliphatic carbocycles. The van der Waals surface area contributed by atoms with Crippen LogP contribution >= 0.6 is 0 Å². The zero-order valence-electron chi connectivity index (χ0n) is 11.2. The molecule has 1 heterocycles. The molecule has 2 aromatic rings. The summed E-state index contributed by atoms with van der Waals surface area (Å²) in [6.07, 6.45) is 6.42. The van der Waals surface area contributed by atoms with Crippen molar-refractivity contribution >= 4 is 11.0 Å². The van der Waals surface area contributed by atoms with E-state index < -0.39 is 0 Å². The van der Waals surface area contributed by atoms with Gasteiger partial charge in [0.25, 0.3) is 0 Å². The van der Waals surface area contributed by atoms with Gasteiger partial charge >= 0.3 is 0 Å². The van der Waals surface area contributed by atoms with Gasteiger partial charge in [0.05, 0.1) is 6.61 Å². The summed E-state index contributed by atoms with van der Waals surface area (Å²) in [6.45, 7) is 7.43. The molecule has 3 nitrogen and oxygen atoms in total. The Kier molecular flexibility index (Phi) is 4.53. The molecule has 0 amide bonds. The number of imidazole rings is 1. The Morgan fingerprint density at radius 3 is 2.94 bits per heavy atom. The van der Waals surface area contributed by atoms with Gasteiger partial charge in [0, 0.05) is 6.61 Å². The number of rotatable bonds is 6. The lowest BCUT2D eigenvalue weighted by atomic mass is 10.3. The minimum atomic E-state index is 0.763. The SMILES string of the molecule is C/C=C/C[n+]1cn(CCOCC)c2ccccc21. The number of nitrogens with zero attached hydrogens (tertiary/aromatic N) is 2. The van der Waals surface area contributed by atoms with Gasteiger partial charge in [0.15, 0.2) is 11.0 Å². The molecule has 0 N–H and O–H groups in total. The van der Waals surface area contributed by atoms with E-state index in [1.165, 1.54) is 11.0 Å². The standard InChI is InChI=1S/C15H21N2O/c1-3-5-10-16-13-17(11-12-18-4-2)15-9-7-6-8-14(15)16/h3,5-9,13H,4,10-12H2,1-2H3/q+1/b5-3+. The Hall–Kier alpha value is -1.61. The van der Waals surface area contributed by atoms with Crippen LogP contribution in [0.5, 0.6) is 0 Å². The Bertz CT molecular complexity index is 528. The van der Waals surface area contributed by atoms with Crippen molar-refractivity contribution in [3.8, 4) is 0 Å². The van der Waals surface area contributed by atoms with Crippen LogP contribution in [0.1, 0.15) is 13.8 Å². The molecule has 0 aliphatic heterocycles. The molecule has 1 aromatic heterocycles. The maximum Gasteiger partial charge on any atom is 0.245 e. The van der Waals surface area contributed by atoms with E-state index in [9.17, 15) is 0 Å². The van der Waals surface area contributed by atoms with Gasteiger partial charge in [0.2, 0.25) is 6.33 Å². The van der Waals surface area contributed by atoms with E-state index in [4.69, 9.17) is 4.74 Å². The Balaban J connectivity index is 2.28. The van der Waals surface area contributed by atoms with Crippen molar-refractivity contribution < 1.29 is 9.30 Å². The second-order valence-electron chi connectivity index (χ2n) is 4.22. The lowest BCUT2D eigenvalue weighted by Crippen LogP contribution is -2.31. The average molecular weight is 245 g/mol. The molecule has 0 saturated carbocycles.